The molecule has 0 fully saturated rings. The fraction of sp³-hybridized carbons (Fsp3) is 0. The SMILES string of the molecule is Brc1cccc2s[c]cc12. The van der Waals surface area contributed by atoms with E-state index in [1.54, 1.807) is 11.3 Å². The normalized spacial score (nSPS) is 10.5. The molecule has 1 heterocycles. The highest BCUT2D eigenvalue weighted by molar-refractivity contribution is 9.10. The van der Waals surface area contributed by atoms with Crippen molar-refractivity contribution in [3.63, 3.8) is 0 Å². The summed E-state index contributed by atoms with van der Waals surface area (Å²) in [5, 5.41) is 4.35. The van der Waals surface area contributed by atoms with Gasteiger partial charge < -0.3 is 0 Å². The van der Waals surface area contributed by atoms with Crippen molar-refractivity contribution in [2.24, 2.45) is 0 Å². The predicted octanol–water partition coefficient (Wildman–Crippen LogP) is 3.46. The molecule has 0 bridgehead atoms. The summed E-state index contributed by atoms with van der Waals surface area (Å²) in [7, 11) is 0. The third-order valence-corrected chi connectivity index (χ3v) is 2.89. The molecule has 2 rings (SSSR count). The lowest BCUT2D eigenvalue weighted by atomic mass is 10.3. The zero-order valence-corrected chi connectivity index (χ0v) is 7.50. The third kappa shape index (κ3) is 0.879. The highest BCUT2D eigenvalue weighted by Crippen LogP contribution is 2.26. The summed E-state index contributed by atoms with van der Waals surface area (Å²) < 4.78 is 2.44. The molecule has 0 atom stereocenters. The molecule has 0 amide bonds. The first-order valence-corrected chi connectivity index (χ1v) is 4.53. The fourth-order valence-electron chi connectivity index (χ4n) is 0.898. The van der Waals surface area contributed by atoms with E-state index in [-0.39, 0.29) is 0 Å². The average molecular weight is 212 g/mol. The molecule has 0 spiro atoms. The molecule has 0 N–H and O–H groups in total. The fourth-order valence-corrected chi connectivity index (χ4v) is 2.24. The van der Waals surface area contributed by atoms with Gasteiger partial charge in [-0.25, -0.2) is 0 Å². The Labute approximate surface area is 71.6 Å². The van der Waals surface area contributed by atoms with Crippen LogP contribution in [0.25, 0.3) is 10.1 Å². The minimum atomic E-state index is 1.16. The van der Waals surface area contributed by atoms with E-state index in [1.165, 1.54) is 10.1 Å². The summed E-state index contributed by atoms with van der Waals surface area (Å²) in [6, 6.07) is 8.19. The molecule has 2 heteroatoms. The Bertz CT molecular complexity index is 351. The van der Waals surface area contributed by atoms with Gasteiger partial charge in [0.25, 0.3) is 0 Å². The van der Waals surface area contributed by atoms with Crippen LogP contribution in [0, 0.1) is 5.38 Å². The van der Waals surface area contributed by atoms with Gasteiger partial charge in [0.2, 0.25) is 0 Å². The van der Waals surface area contributed by atoms with E-state index < -0.39 is 0 Å². The molecule has 0 aliphatic rings. The Morgan fingerprint density at radius 1 is 1.40 bits per heavy atom. The van der Waals surface area contributed by atoms with Gasteiger partial charge in [-0.1, -0.05) is 22.0 Å². The van der Waals surface area contributed by atoms with E-state index in [4.69, 9.17) is 0 Å². The van der Waals surface area contributed by atoms with Crippen LogP contribution in [0.2, 0.25) is 0 Å². The molecule has 0 aliphatic carbocycles. The average Bonchev–Trinajstić information content (AvgIpc) is 2.36. The van der Waals surface area contributed by atoms with Gasteiger partial charge >= 0.3 is 0 Å². The maximum Gasteiger partial charge on any atom is 0.0456 e. The van der Waals surface area contributed by atoms with Crippen LogP contribution in [0.5, 0.6) is 0 Å². The second kappa shape index (κ2) is 2.36. The van der Waals surface area contributed by atoms with Gasteiger partial charge in [-0.3, -0.25) is 0 Å². The largest absolute Gasteiger partial charge is 0.134 e. The van der Waals surface area contributed by atoms with Crippen LogP contribution in [0.3, 0.4) is 0 Å². The van der Waals surface area contributed by atoms with Crippen molar-refractivity contribution < 1.29 is 0 Å². The molecule has 10 heavy (non-hydrogen) atoms. The minimum Gasteiger partial charge on any atom is -0.134 e. The first kappa shape index (κ1) is 6.38. The number of rotatable bonds is 0. The van der Waals surface area contributed by atoms with Gasteiger partial charge in [0.05, 0.1) is 0 Å². The molecule has 2 aromatic rings. The molecule has 0 saturated heterocycles. The molecule has 1 radical (unpaired) electrons. The Kier molecular flexibility index (Phi) is 1.51. The van der Waals surface area contributed by atoms with Crippen LogP contribution in [0.1, 0.15) is 0 Å². The van der Waals surface area contributed by atoms with Crippen molar-refractivity contribution in [2.45, 2.75) is 0 Å². The zero-order chi connectivity index (χ0) is 6.97. The van der Waals surface area contributed by atoms with E-state index in [0.717, 1.165) is 4.47 Å². The number of fused-ring (bicyclic) bond motifs is 1. The van der Waals surface area contributed by atoms with Crippen LogP contribution < -0.4 is 0 Å². The summed E-state index contributed by atoms with van der Waals surface area (Å²) in [5.74, 6) is 0. The first-order chi connectivity index (χ1) is 4.88. The molecule has 0 saturated carbocycles. The number of thiophene rings is 1. The maximum absolute atomic E-state index is 3.46. The Hall–Kier alpha value is -0.340. The highest BCUT2D eigenvalue weighted by Gasteiger charge is 1.96. The first-order valence-electron chi connectivity index (χ1n) is 2.92. The summed E-state index contributed by atoms with van der Waals surface area (Å²) in [4.78, 5) is 0. The van der Waals surface area contributed by atoms with E-state index in [2.05, 4.69) is 27.4 Å². The summed E-state index contributed by atoms with van der Waals surface area (Å²) in [6.07, 6.45) is 0. The van der Waals surface area contributed by atoms with Gasteiger partial charge in [0, 0.05) is 19.9 Å². The maximum atomic E-state index is 3.46. The van der Waals surface area contributed by atoms with Crippen LogP contribution in [-0.2, 0) is 0 Å². The Morgan fingerprint density at radius 3 is 3.10 bits per heavy atom. The zero-order valence-electron chi connectivity index (χ0n) is 5.10. The molecular formula is C8H4BrS. The van der Waals surface area contributed by atoms with Crippen molar-refractivity contribution in [1.82, 2.24) is 0 Å². The molecular weight excluding hydrogens is 208 g/mol. The summed E-state index contributed by atoms with van der Waals surface area (Å²) in [5.41, 5.74) is 0. The van der Waals surface area contributed by atoms with E-state index in [0.29, 0.717) is 0 Å². The number of halogens is 1. The number of benzene rings is 1. The molecule has 1 aromatic heterocycles. The van der Waals surface area contributed by atoms with Crippen LogP contribution in [0.4, 0.5) is 0 Å². The molecule has 0 nitrogen and oxygen atoms in total. The molecule has 0 aliphatic heterocycles. The standard InChI is InChI=1S/C8H4BrS/c9-7-2-1-3-8-6(7)4-5-10-8/h1-4H. The predicted molar refractivity (Wildman–Crippen MR) is 48.4 cm³/mol. The van der Waals surface area contributed by atoms with Gasteiger partial charge in [0.1, 0.15) is 0 Å². The van der Waals surface area contributed by atoms with E-state index >= 15 is 0 Å². The molecule has 0 unspecified atom stereocenters. The lowest BCUT2D eigenvalue weighted by Gasteiger charge is -1.89. The Morgan fingerprint density at radius 2 is 2.30 bits per heavy atom. The number of hydrogen-bond donors (Lipinski definition) is 0. The summed E-state index contributed by atoms with van der Waals surface area (Å²) >= 11 is 5.11. The van der Waals surface area contributed by atoms with Crippen molar-refractivity contribution in [3.8, 4) is 0 Å². The van der Waals surface area contributed by atoms with E-state index in [1.807, 2.05) is 18.2 Å². The van der Waals surface area contributed by atoms with Crippen molar-refractivity contribution in [3.05, 3.63) is 34.1 Å². The van der Waals surface area contributed by atoms with Gasteiger partial charge in [-0.05, 0) is 18.2 Å². The van der Waals surface area contributed by atoms with Crippen LogP contribution in [-0.4, -0.2) is 0 Å². The quantitative estimate of drug-likeness (QED) is 0.627. The van der Waals surface area contributed by atoms with E-state index in [9.17, 15) is 0 Å². The van der Waals surface area contributed by atoms with Gasteiger partial charge in [-0.15, -0.1) is 11.3 Å². The van der Waals surface area contributed by atoms with Crippen LogP contribution >= 0.6 is 27.3 Å². The van der Waals surface area contributed by atoms with Crippen molar-refractivity contribution in [1.29, 1.82) is 0 Å². The second-order valence-corrected chi connectivity index (χ2v) is 3.75. The lowest BCUT2D eigenvalue weighted by molar-refractivity contribution is 1.79. The topological polar surface area (TPSA) is 0 Å². The Balaban J connectivity index is 2.95. The van der Waals surface area contributed by atoms with Crippen molar-refractivity contribution >= 4 is 37.4 Å². The molecule has 49 valence electrons. The van der Waals surface area contributed by atoms with Gasteiger partial charge in [-0.2, -0.15) is 0 Å². The third-order valence-electron chi connectivity index (χ3n) is 1.39. The highest BCUT2D eigenvalue weighted by atomic mass is 79.9. The number of hydrogen-bond acceptors (Lipinski definition) is 1. The minimum absolute atomic E-state index is 1.16. The molecule has 1 aromatic carbocycles. The van der Waals surface area contributed by atoms with Crippen LogP contribution in [0.15, 0.2) is 28.7 Å². The van der Waals surface area contributed by atoms with Crippen molar-refractivity contribution in [2.75, 3.05) is 0 Å². The van der Waals surface area contributed by atoms with Gasteiger partial charge in [0.15, 0.2) is 0 Å². The lowest BCUT2D eigenvalue weighted by Crippen LogP contribution is -1.62. The monoisotopic (exact) mass is 211 g/mol. The summed E-state index contributed by atoms with van der Waals surface area (Å²) in [6.45, 7) is 0. The smallest absolute Gasteiger partial charge is 0.0456 e. The second-order valence-electron chi connectivity index (χ2n) is 2.02.